The molecular weight excluding hydrogens is 358 g/mol. The molecule has 1 aliphatic heterocycles. The number of hydrogen-bond acceptors (Lipinski definition) is 7. The van der Waals surface area contributed by atoms with E-state index in [9.17, 15) is 0 Å². The maximum absolute atomic E-state index is 5.56. The van der Waals surface area contributed by atoms with Gasteiger partial charge in [0.05, 0.1) is 42.6 Å². The summed E-state index contributed by atoms with van der Waals surface area (Å²) in [5.41, 5.74) is 5.72. The Morgan fingerprint density at radius 3 is 2.68 bits per heavy atom. The molecule has 1 fully saturated rings. The van der Waals surface area contributed by atoms with Crippen LogP contribution >= 0.6 is 0 Å². The van der Waals surface area contributed by atoms with Gasteiger partial charge in [0.25, 0.3) is 0 Å². The third-order valence-electron chi connectivity index (χ3n) is 4.76. The second-order valence-corrected chi connectivity index (χ2v) is 6.78. The zero-order valence-electron chi connectivity index (χ0n) is 16.5. The number of morpholine rings is 1. The Labute approximate surface area is 164 Å². The fourth-order valence-corrected chi connectivity index (χ4v) is 3.43. The number of ether oxygens (including phenoxy) is 3. The Kier molecular flexibility index (Phi) is 5.40. The summed E-state index contributed by atoms with van der Waals surface area (Å²) in [5.74, 6) is 0.574. The van der Waals surface area contributed by atoms with Crippen molar-refractivity contribution in [3.63, 3.8) is 0 Å². The first-order valence-corrected chi connectivity index (χ1v) is 9.45. The lowest BCUT2D eigenvalue weighted by molar-refractivity contribution is 0.123. The topological polar surface area (TPSA) is 74.0 Å². The van der Waals surface area contributed by atoms with Gasteiger partial charge >= 0.3 is 0 Å². The van der Waals surface area contributed by atoms with Crippen molar-refractivity contribution in [2.75, 3.05) is 51.5 Å². The van der Waals surface area contributed by atoms with E-state index in [-0.39, 0.29) is 0 Å². The van der Waals surface area contributed by atoms with Gasteiger partial charge in [0.2, 0.25) is 5.88 Å². The van der Waals surface area contributed by atoms with Crippen LogP contribution in [0.3, 0.4) is 0 Å². The lowest BCUT2D eigenvalue weighted by atomic mass is 10.2. The van der Waals surface area contributed by atoms with Crippen LogP contribution in [0.25, 0.3) is 16.9 Å². The molecule has 0 spiro atoms. The number of fused-ring (bicyclic) bond motifs is 1. The van der Waals surface area contributed by atoms with Gasteiger partial charge in [-0.2, -0.15) is 5.10 Å². The van der Waals surface area contributed by atoms with Crippen LogP contribution in [0.2, 0.25) is 0 Å². The molecule has 0 aromatic carbocycles. The van der Waals surface area contributed by atoms with E-state index in [1.165, 1.54) is 0 Å². The molecule has 0 amide bonds. The van der Waals surface area contributed by atoms with E-state index in [1.54, 1.807) is 13.3 Å². The van der Waals surface area contributed by atoms with Gasteiger partial charge in [-0.15, -0.1) is 0 Å². The van der Waals surface area contributed by atoms with Crippen molar-refractivity contribution in [1.29, 1.82) is 0 Å². The Balaban J connectivity index is 1.71. The van der Waals surface area contributed by atoms with Crippen LogP contribution in [0, 0.1) is 13.8 Å². The quantitative estimate of drug-likeness (QED) is 0.605. The van der Waals surface area contributed by atoms with Crippen molar-refractivity contribution in [3.05, 3.63) is 35.8 Å². The van der Waals surface area contributed by atoms with E-state index in [0.717, 1.165) is 60.3 Å². The van der Waals surface area contributed by atoms with Crippen LogP contribution in [0.4, 0.5) is 5.69 Å². The number of hydrogen-bond donors (Lipinski definition) is 0. The number of pyridine rings is 1. The van der Waals surface area contributed by atoms with Crippen molar-refractivity contribution in [3.8, 4) is 17.1 Å². The minimum absolute atomic E-state index is 0.473. The van der Waals surface area contributed by atoms with Gasteiger partial charge in [-0.1, -0.05) is 0 Å². The lowest BCUT2D eigenvalue weighted by Crippen LogP contribution is -2.36. The summed E-state index contributed by atoms with van der Waals surface area (Å²) in [6.07, 6.45) is 1.80. The molecule has 28 heavy (non-hydrogen) atoms. The van der Waals surface area contributed by atoms with Crippen molar-refractivity contribution < 1.29 is 14.2 Å². The van der Waals surface area contributed by atoms with Crippen molar-refractivity contribution in [2.24, 2.45) is 0 Å². The summed E-state index contributed by atoms with van der Waals surface area (Å²) in [4.78, 5) is 11.6. The number of rotatable bonds is 6. The van der Waals surface area contributed by atoms with Crippen molar-refractivity contribution in [2.45, 2.75) is 13.8 Å². The molecule has 8 heteroatoms. The normalized spacial score (nSPS) is 14.6. The molecule has 0 saturated carbocycles. The third-order valence-corrected chi connectivity index (χ3v) is 4.76. The molecular formula is C20H25N5O3. The maximum atomic E-state index is 5.56. The molecule has 1 aliphatic rings. The standard InChI is InChI=1S/C20H25N5O3/c1-14-12-17(24-6-8-27-9-7-24)20-22-15(2)19(25(20)23-14)16-4-5-18(21-13-16)28-11-10-26-3/h4-5,12-13H,6-11H2,1-3H3. The molecule has 1 saturated heterocycles. The molecule has 3 aromatic rings. The fraction of sp³-hybridized carbons (Fsp3) is 0.450. The lowest BCUT2D eigenvalue weighted by Gasteiger charge is -2.29. The minimum Gasteiger partial charge on any atom is -0.475 e. The molecule has 3 aromatic heterocycles. The second kappa shape index (κ2) is 8.12. The fourth-order valence-electron chi connectivity index (χ4n) is 3.43. The average molecular weight is 383 g/mol. The molecule has 4 rings (SSSR count). The summed E-state index contributed by atoms with van der Waals surface area (Å²) in [5, 5.41) is 4.73. The highest BCUT2D eigenvalue weighted by Gasteiger charge is 2.20. The summed E-state index contributed by atoms with van der Waals surface area (Å²) in [6.45, 7) is 8.19. The highest BCUT2D eigenvalue weighted by Crippen LogP contribution is 2.30. The maximum Gasteiger partial charge on any atom is 0.213 e. The zero-order valence-corrected chi connectivity index (χ0v) is 16.5. The molecule has 0 radical (unpaired) electrons. The SMILES string of the molecule is COCCOc1ccc(-c2c(C)nc3c(N4CCOCC4)cc(C)nn23)cn1. The Morgan fingerprint density at radius 1 is 1.14 bits per heavy atom. The first-order chi connectivity index (χ1) is 13.7. The third kappa shape index (κ3) is 3.65. The van der Waals surface area contributed by atoms with Gasteiger partial charge in [0.1, 0.15) is 6.61 Å². The molecule has 0 bridgehead atoms. The van der Waals surface area contributed by atoms with E-state index in [1.807, 2.05) is 30.5 Å². The van der Waals surface area contributed by atoms with E-state index < -0.39 is 0 Å². The van der Waals surface area contributed by atoms with Crippen LogP contribution in [-0.4, -0.2) is 66.2 Å². The largest absolute Gasteiger partial charge is 0.475 e. The summed E-state index contributed by atoms with van der Waals surface area (Å²) >= 11 is 0. The smallest absolute Gasteiger partial charge is 0.213 e. The van der Waals surface area contributed by atoms with E-state index >= 15 is 0 Å². The molecule has 0 aliphatic carbocycles. The monoisotopic (exact) mass is 383 g/mol. The predicted octanol–water partition coefficient (Wildman–Crippen LogP) is 2.27. The number of nitrogens with zero attached hydrogens (tertiary/aromatic N) is 5. The predicted molar refractivity (Wildman–Crippen MR) is 106 cm³/mol. The van der Waals surface area contributed by atoms with Crippen LogP contribution in [0.15, 0.2) is 24.4 Å². The number of aromatic nitrogens is 4. The summed E-state index contributed by atoms with van der Waals surface area (Å²) in [6, 6.07) is 5.95. The van der Waals surface area contributed by atoms with Crippen LogP contribution in [0.5, 0.6) is 5.88 Å². The van der Waals surface area contributed by atoms with Crippen molar-refractivity contribution >= 4 is 11.3 Å². The number of imidazole rings is 1. The van der Waals surface area contributed by atoms with Gasteiger partial charge in [0.15, 0.2) is 5.65 Å². The Bertz CT molecular complexity index is 949. The first kappa shape index (κ1) is 18.6. The minimum atomic E-state index is 0.473. The first-order valence-electron chi connectivity index (χ1n) is 9.45. The molecule has 4 heterocycles. The van der Waals surface area contributed by atoms with Gasteiger partial charge in [-0.3, -0.25) is 0 Å². The molecule has 0 atom stereocenters. The second-order valence-electron chi connectivity index (χ2n) is 6.78. The summed E-state index contributed by atoms with van der Waals surface area (Å²) < 4.78 is 18.0. The van der Waals surface area contributed by atoms with Gasteiger partial charge in [0, 0.05) is 38.0 Å². The van der Waals surface area contributed by atoms with Crippen molar-refractivity contribution in [1.82, 2.24) is 19.6 Å². The number of methoxy groups -OCH3 is 1. The molecule has 0 N–H and O–H groups in total. The zero-order chi connectivity index (χ0) is 19.5. The highest BCUT2D eigenvalue weighted by molar-refractivity contribution is 5.75. The van der Waals surface area contributed by atoms with Crippen LogP contribution in [-0.2, 0) is 9.47 Å². The Hall–Kier alpha value is -2.71. The van der Waals surface area contributed by atoms with Gasteiger partial charge in [-0.25, -0.2) is 14.5 Å². The van der Waals surface area contributed by atoms with E-state index in [4.69, 9.17) is 24.3 Å². The van der Waals surface area contributed by atoms with Crippen LogP contribution < -0.4 is 9.64 Å². The van der Waals surface area contributed by atoms with Gasteiger partial charge in [-0.05, 0) is 26.0 Å². The Morgan fingerprint density at radius 2 is 1.96 bits per heavy atom. The van der Waals surface area contributed by atoms with Crippen LogP contribution in [0.1, 0.15) is 11.4 Å². The summed E-state index contributed by atoms with van der Waals surface area (Å²) in [7, 11) is 1.65. The average Bonchev–Trinajstić information content (AvgIpc) is 3.04. The number of anilines is 1. The number of aryl methyl sites for hydroxylation is 2. The highest BCUT2D eigenvalue weighted by atomic mass is 16.5. The molecule has 8 nitrogen and oxygen atoms in total. The molecule has 0 unspecified atom stereocenters. The molecule has 148 valence electrons. The van der Waals surface area contributed by atoms with E-state index in [2.05, 4.69) is 16.0 Å². The van der Waals surface area contributed by atoms with Gasteiger partial charge < -0.3 is 19.1 Å². The van der Waals surface area contributed by atoms with E-state index in [0.29, 0.717) is 19.1 Å².